The van der Waals surface area contributed by atoms with E-state index in [-0.39, 0.29) is 11.9 Å². The summed E-state index contributed by atoms with van der Waals surface area (Å²) in [5.41, 5.74) is -0.365. The number of benzene rings is 4. The first kappa shape index (κ1) is 24.8. The Morgan fingerprint density at radius 1 is 0.714 bits per heavy atom. The van der Waals surface area contributed by atoms with E-state index >= 15 is 0 Å². The summed E-state index contributed by atoms with van der Waals surface area (Å²) >= 11 is 0. The van der Waals surface area contributed by atoms with Gasteiger partial charge in [0.15, 0.2) is 0 Å². The molecule has 0 unspecified atom stereocenters. The predicted molar refractivity (Wildman–Crippen MR) is 139 cm³/mol. The van der Waals surface area contributed by atoms with Crippen LogP contribution in [0.2, 0.25) is 0 Å². The molecular weight excluding hydrogens is 483 g/mol. The Kier molecular flexibility index (Phi) is 6.88. The topological polar surface area (TPSA) is 89.9 Å². The van der Waals surface area contributed by atoms with Gasteiger partial charge in [-0.2, -0.15) is 0 Å². The minimum atomic E-state index is -4.62. The third-order valence-corrected chi connectivity index (χ3v) is 13.9. The molecule has 4 aromatic carbocycles. The van der Waals surface area contributed by atoms with Gasteiger partial charge in [-0.05, 0) is 0 Å². The first-order valence-electron chi connectivity index (χ1n) is 10.8. The Morgan fingerprint density at radius 3 is 1.51 bits per heavy atom. The molecule has 35 heavy (non-hydrogen) atoms. The summed E-state index contributed by atoms with van der Waals surface area (Å²) in [6, 6.07) is 32.8. The van der Waals surface area contributed by atoms with Gasteiger partial charge in [0.2, 0.25) is 0 Å². The van der Waals surface area contributed by atoms with Crippen molar-refractivity contribution < 1.29 is 27.0 Å². The minimum absolute atomic E-state index is 0.0852. The summed E-state index contributed by atoms with van der Waals surface area (Å²) in [6.45, 7) is -4.38. The van der Waals surface area contributed by atoms with Crippen LogP contribution in [-0.2, 0) is 18.8 Å². The van der Waals surface area contributed by atoms with Crippen molar-refractivity contribution >= 4 is 38.8 Å². The average Bonchev–Trinajstić information content (AvgIpc) is 2.90. The van der Waals surface area contributed by atoms with Crippen molar-refractivity contribution in [3.05, 3.63) is 121 Å². The van der Waals surface area contributed by atoms with Crippen LogP contribution in [0, 0.1) is 0 Å². The van der Waals surface area contributed by atoms with Crippen LogP contribution in [0.3, 0.4) is 0 Å². The molecule has 0 atom stereocenters. The van der Waals surface area contributed by atoms with Gasteiger partial charge in [-0.1, -0.05) is 0 Å². The van der Waals surface area contributed by atoms with Crippen LogP contribution in [0.5, 0.6) is 0 Å². The molecule has 0 aromatic heterocycles. The fourth-order valence-electron chi connectivity index (χ4n) is 4.42. The second-order valence-corrected chi connectivity index (χ2v) is 14.1. The molecule has 0 saturated carbocycles. The monoisotopic (exact) mass is 508 g/mol. The Bertz CT molecular complexity index is 1330. The van der Waals surface area contributed by atoms with Crippen molar-refractivity contribution in [1.29, 1.82) is 0 Å². The summed E-state index contributed by atoms with van der Waals surface area (Å²) in [6.07, 6.45) is -0.0852. The van der Waals surface area contributed by atoms with E-state index < -0.39 is 27.8 Å². The third-order valence-electron chi connectivity index (χ3n) is 5.93. The van der Waals surface area contributed by atoms with E-state index in [1.54, 1.807) is 0 Å². The SMILES string of the molecule is COCP(OS(=O)(=O)c1ccccc1C(=O)O)(c1ccccc1)(c1ccccc1)c1ccccc1. The number of carboxylic acids is 1. The zero-order chi connectivity index (χ0) is 25.0. The molecule has 180 valence electrons. The number of hydrogen-bond acceptors (Lipinski definition) is 5. The van der Waals surface area contributed by atoms with Gasteiger partial charge in [-0.15, -0.1) is 0 Å². The summed E-state index contributed by atoms with van der Waals surface area (Å²) in [5.74, 6) is -1.36. The third kappa shape index (κ3) is 4.17. The molecule has 0 bridgehead atoms. The molecule has 0 heterocycles. The van der Waals surface area contributed by atoms with Crippen molar-refractivity contribution in [2.45, 2.75) is 4.90 Å². The van der Waals surface area contributed by atoms with Crippen LogP contribution in [0.4, 0.5) is 0 Å². The maximum atomic E-state index is 14.1. The molecule has 0 aliphatic heterocycles. The standard InChI is InChI=1S/C27H25O6PS/c1-32-21-34(22-13-5-2-6-14-22,23-15-7-3-8-16-23,24-17-9-4-10-18-24)33-35(30,31)26-20-12-11-19-25(26)27(28)29/h2-20H,21H2,1H3,(H,28,29). The van der Waals surface area contributed by atoms with Crippen molar-refractivity contribution in [2.24, 2.45) is 0 Å². The Hall–Kier alpha value is -3.35. The normalized spacial score (nSPS) is 13.0. The first-order chi connectivity index (χ1) is 16.8. The van der Waals surface area contributed by atoms with Crippen LogP contribution in [-0.4, -0.2) is 33.0 Å². The first-order valence-corrected chi connectivity index (χ1v) is 14.6. The molecule has 0 radical (unpaired) electrons. The quantitative estimate of drug-likeness (QED) is 0.342. The number of carbonyl (C=O) groups is 1. The van der Waals surface area contributed by atoms with E-state index in [1.807, 2.05) is 91.0 Å². The average molecular weight is 509 g/mol. The summed E-state index contributed by atoms with van der Waals surface area (Å²) in [4.78, 5) is 11.5. The fourth-order valence-corrected chi connectivity index (χ4v) is 12.6. The molecular formula is C27H25O6PS. The van der Waals surface area contributed by atoms with E-state index in [2.05, 4.69) is 0 Å². The number of hydrogen-bond donors (Lipinski definition) is 1. The Labute approximate surface area is 204 Å². The predicted octanol–water partition coefficient (Wildman–Crippen LogP) is 4.14. The molecule has 6 nitrogen and oxygen atoms in total. The second kappa shape index (κ2) is 9.72. The van der Waals surface area contributed by atoms with Crippen LogP contribution in [0.1, 0.15) is 10.4 Å². The van der Waals surface area contributed by atoms with Crippen LogP contribution >= 0.6 is 6.83 Å². The molecule has 8 heteroatoms. The molecule has 0 spiro atoms. The zero-order valence-electron chi connectivity index (χ0n) is 19.0. The van der Waals surface area contributed by atoms with Crippen molar-refractivity contribution in [2.75, 3.05) is 13.5 Å². The summed E-state index contributed by atoms with van der Waals surface area (Å²) < 4.78 is 40.4. The van der Waals surface area contributed by atoms with Crippen molar-refractivity contribution in [3.63, 3.8) is 0 Å². The number of aromatic carboxylic acids is 1. The van der Waals surface area contributed by atoms with Gasteiger partial charge in [0.25, 0.3) is 0 Å². The van der Waals surface area contributed by atoms with E-state index in [0.717, 1.165) is 0 Å². The van der Waals surface area contributed by atoms with E-state index in [1.165, 1.54) is 31.4 Å². The van der Waals surface area contributed by atoms with E-state index in [9.17, 15) is 18.3 Å². The molecule has 0 fully saturated rings. The van der Waals surface area contributed by atoms with Gasteiger partial charge >= 0.3 is 205 Å². The van der Waals surface area contributed by atoms with Gasteiger partial charge < -0.3 is 0 Å². The fraction of sp³-hybridized carbons (Fsp3) is 0.0741. The van der Waals surface area contributed by atoms with E-state index in [4.69, 9.17) is 8.71 Å². The molecule has 4 aromatic rings. The molecule has 0 aliphatic rings. The summed E-state index contributed by atoms with van der Waals surface area (Å²) in [5, 5.41) is 11.6. The number of rotatable bonds is 9. The summed E-state index contributed by atoms with van der Waals surface area (Å²) in [7, 11) is -3.12. The molecule has 0 amide bonds. The molecule has 1 N–H and O–H groups in total. The van der Waals surface area contributed by atoms with Crippen LogP contribution in [0.15, 0.2) is 120 Å². The van der Waals surface area contributed by atoms with Gasteiger partial charge in [0.05, 0.1) is 0 Å². The molecule has 0 saturated heterocycles. The van der Waals surface area contributed by atoms with Gasteiger partial charge in [0, 0.05) is 0 Å². The van der Waals surface area contributed by atoms with Crippen LogP contribution < -0.4 is 15.9 Å². The number of carboxylic acid groups (broad SMARTS) is 1. The maximum absolute atomic E-state index is 14.1. The van der Waals surface area contributed by atoms with Crippen LogP contribution in [0.25, 0.3) is 0 Å². The van der Waals surface area contributed by atoms with Crippen molar-refractivity contribution in [1.82, 2.24) is 0 Å². The molecule has 0 aliphatic carbocycles. The Morgan fingerprint density at radius 2 is 1.11 bits per heavy atom. The number of ether oxygens (including phenoxy) is 1. The van der Waals surface area contributed by atoms with Crippen molar-refractivity contribution in [3.8, 4) is 0 Å². The van der Waals surface area contributed by atoms with Gasteiger partial charge in [-0.3, -0.25) is 0 Å². The van der Waals surface area contributed by atoms with Gasteiger partial charge in [0.1, 0.15) is 0 Å². The van der Waals surface area contributed by atoms with Gasteiger partial charge in [-0.25, -0.2) is 0 Å². The second-order valence-electron chi connectivity index (χ2n) is 7.97. The Balaban J connectivity index is 2.17. The van der Waals surface area contributed by atoms with E-state index in [0.29, 0.717) is 15.9 Å². The zero-order valence-corrected chi connectivity index (χ0v) is 20.7. The molecule has 4 rings (SSSR count). The number of methoxy groups -OCH3 is 1.